The molecule has 0 aliphatic rings. The first-order valence-electron chi connectivity index (χ1n) is 12.4. The van der Waals surface area contributed by atoms with Crippen LogP contribution in [0.4, 0.5) is 5.69 Å². The quantitative estimate of drug-likeness (QED) is 0.248. The molecule has 214 valence electrons. The number of anilines is 1. The summed E-state index contributed by atoms with van der Waals surface area (Å²) in [5.41, 5.74) is 0.559. The molecule has 0 radical (unpaired) electrons. The fourth-order valence-corrected chi connectivity index (χ4v) is 6.41. The van der Waals surface area contributed by atoms with Gasteiger partial charge >= 0.3 is 0 Å². The molecule has 3 aromatic carbocycles. The summed E-state index contributed by atoms with van der Waals surface area (Å²) in [6.07, 6.45) is 0.263. The van der Waals surface area contributed by atoms with E-state index >= 15 is 0 Å². The van der Waals surface area contributed by atoms with Gasteiger partial charge in [-0.3, -0.25) is 13.9 Å². The lowest BCUT2D eigenvalue weighted by Gasteiger charge is -2.34. The van der Waals surface area contributed by atoms with Gasteiger partial charge in [0.1, 0.15) is 12.6 Å². The molecule has 0 aliphatic heterocycles. The number of benzene rings is 3. The van der Waals surface area contributed by atoms with Gasteiger partial charge in [-0.25, -0.2) is 8.42 Å². The summed E-state index contributed by atoms with van der Waals surface area (Å²) in [7, 11) is -4.28. The molecule has 0 fully saturated rings. The molecule has 1 unspecified atom stereocenters. The van der Waals surface area contributed by atoms with Crippen LogP contribution in [-0.2, 0) is 26.2 Å². The first-order chi connectivity index (χ1) is 18.9. The summed E-state index contributed by atoms with van der Waals surface area (Å²) in [4.78, 5) is 28.5. The summed E-state index contributed by atoms with van der Waals surface area (Å²) in [6.45, 7) is 4.65. The SMILES string of the molecule is CCC(C(=O)NC(C)C)N(Cc1ccc(Cl)cc1Cl)C(=O)CN(c1cccc(Cl)c1Cl)S(=O)(=O)c1ccccc1. The molecular formula is C28H29Cl4N3O4S. The standard InChI is InChI=1S/C28H29Cl4N3O4S/c1-4-24(28(37)33-18(2)3)34(16-19-13-14-20(29)15-23(19)31)26(36)17-35(25-12-8-11-22(30)27(25)32)40(38,39)21-9-6-5-7-10-21/h5-15,18,24H,4,16-17H2,1-3H3,(H,33,37). The van der Waals surface area contributed by atoms with Gasteiger partial charge in [-0.2, -0.15) is 0 Å². The van der Waals surface area contributed by atoms with Gasteiger partial charge in [-0.1, -0.05) is 83.7 Å². The zero-order chi connectivity index (χ0) is 29.6. The van der Waals surface area contributed by atoms with E-state index < -0.39 is 28.5 Å². The summed E-state index contributed by atoms with van der Waals surface area (Å²) in [5, 5.41) is 3.63. The Kier molecular flexibility index (Phi) is 11.1. The Morgan fingerprint density at radius 1 is 0.900 bits per heavy atom. The molecule has 0 spiro atoms. The van der Waals surface area contributed by atoms with Crippen LogP contribution in [0.5, 0.6) is 0 Å². The van der Waals surface area contributed by atoms with Crippen molar-refractivity contribution >= 4 is 73.9 Å². The van der Waals surface area contributed by atoms with Gasteiger partial charge in [0.05, 0.1) is 20.6 Å². The third kappa shape index (κ3) is 7.62. The second-order valence-electron chi connectivity index (χ2n) is 9.24. The van der Waals surface area contributed by atoms with Crippen LogP contribution in [0.15, 0.2) is 71.6 Å². The van der Waals surface area contributed by atoms with Crippen molar-refractivity contribution in [3.05, 3.63) is 92.4 Å². The van der Waals surface area contributed by atoms with Crippen LogP contribution in [-0.4, -0.2) is 43.8 Å². The number of amides is 2. The van der Waals surface area contributed by atoms with Crippen LogP contribution in [0.2, 0.25) is 20.1 Å². The molecule has 0 saturated heterocycles. The molecule has 0 heterocycles. The minimum Gasteiger partial charge on any atom is -0.352 e. The smallest absolute Gasteiger partial charge is 0.264 e. The number of halogens is 4. The molecule has 40 heavy (non-hydrogen) atoms. The number of sulfonamides is 1. The van der Waals surface area contributed by atoms with Gasteiger partial charge in [0, 0.05) is 22.6 Å². The first kappa shape index (κ1) is 32.0. The zero-order valence-corrected chi connectivity index (χ0v) is 25.9. The molecule has 1 atom stereocenters. The van der Waals surface area contributed by atoms with Crippen molar-refractivity contribution in [1.29, 1.82) is 0 Å². The number of nitrogens with zero attached hydrogens (tertiary/aromatic N) is 2. The zero-order valence-electron chi connectivity index (χ0n) is 22.1. The Morgan fingerprint density at radius 3 is 2.17 bits per heavy atom. The Balaban J connectivity index is 2.12. The van der Waals surface area contributed by atoms with Gasteiger partial charge in [0.2, 0.25) is 11.8 Å². The van der Waals surface area contributed by atoms with E-state index in [1.165, 1.54) is 41.3 Å². The molecule has 3 rings (SSSR count). The fourth-order valence-electron chi connectivity index (χ4n) is 4.05. The third-order valence-corrected chi connectivity index (χ3v) is 9.15. The van der Waals surface area contributed by atoms with Crippen molar-refractivity contribution in [2.24, 2.45) is 0 Å². The molecule has 1 N–H and O–H groups in total. The first-order valence-corrected chi connectivity index (χ1v) is 15.4. The normalized spacial score (nSPS) is 12.2. The Labute approximate surface area is 255 Å². The highest BCUT2D eigenvalue weighted by Crippen LogP contribution is 2.35. The fraction of sp³-hybridized carbons (Fsp3) is 0.286. The van der Waals surface area contributed by atoms with E-state index in [-0.39, 0.29) is 45.5 Å². The van der Waals surface area contributed by atoms with Gasteiger partial charge < -0.3 is 10.2 Å². The summed E-state index contributed by atoms with van der Waals surface area (Å²) in [5.74, 6) is -1.03. The Morgan fingerprint density at radius 2 is 1.57 bits per heavy atom. The predicted molar refractivity (Wildman–Crippen MR) is 162 cm³/mol. The molecule has 0 saturated carbocycles. The van der Waals surface area contributed by atoms with E-state index in [1.807, 2.05) is 13.8 Å². The van der Waals surface area contributed by atoms with Gasteiger partial charge in [-0.15, -0.1) is 0 Å². The maximum absolute atomic E-state index is 14.1. The molecular weight excluding hydrogens is 616 g/mol. The summed E-state index contributed by atoms with van der Waals surface area (Å²) in [6, 6.07) is 15.9. The predicted octanol–water partition coefficient (Wildman–Crippen LogP) is 6.83. The molecule has 7 nitrogen and oxygen atoms in total. The van der Waals surface area contributed by atoms with Crippen LogP contribution < -0.4 is 9.62 Å². The highest BCUT2D eigenvalue weighted by Gasteiger charge is 2.35. The van der Waals surface area contributed by atoms with E-state index in [1.54, 1.807) is 37.3 Å². The van der Waals surface area contributed by atoms with Crippen LogP contribution in [0.3, 0.4) is 0 Å². The van der Waals surface area contributed by atoms with Crippen LogP contribution in [0.1, 0.15) is 32.8 Å². The average Bonchev–Trinajstić information content (AvgIpc) is 2.90. The number of carbonyl (C=O) groups excluding carboxylic acids is 2. The average molecular weight is 645 g/mol. The monoisotopic (exact) mass is 643 g/mol. The van der Waals surface area contributed by atoms with Crippen molar-refractivity contribution in [3.8, 4) is 0 Å². The van der Waals surface area contributed by atoms with E-state index in [2.05, 4.69) is 5.32 Å². The van der Waals surface area contributed by atoms with E-state index in [9.17, 15) is 18.0 Å². The molecule has 3 aromatic rings. The highest BCUT2D eigenvalue weighted by atomic mass is 35.5. The van der Waals surface area contributed by atoms with E-state index in [0.717, 1.165) is 4.31 Å². The lowest BCUT2D eigenvalue weighted by atomic mass is 10.1. The van der Waals surface area contributed by atoms with Crippen molar-refractivity contribution in [2.75, 3.05) is 10.8 Å². The molecule has 2 amide bonds. The topological polar surface area (TPSA) is 86.8 Å². The minimum atomic E-state index is -4.28. The van der Waals surface area contributed by atoms with Crippen molar-refractivity contribution in [2.45, 2.75) is 50.7 Å². The van der Waals surface area contributed by atoms with E-state index in [0.29, 0.717) is 15.6 Å². The van der Waals surface area contributed by atoms with Gasteiger partial charge in [-0.05, 0) is 62.2 Å². The molecule has 0 aliphatic carbocycles. The lowest BCUT2D eigenvalue weighted by molar-refractivity contribution is -0.140. The largest absolute Gasteiger partial charge is 0.352 e. The van der Waals surface area contributed by atoms with Crippen molar-refractivity contribution in [1.82, 2.24) is 10.2 Å². The maximum atomic E-state index is 14.1. The maximum Gasteiger partial charge on any atom is 0.264 e. The highest BCUT2D eigenvalue weighted by molar-refractivity contribution is 7.92. The second-order valence-corrected chi connectivity index (χ2v) is 12.7. The molecule has 12 heteroatoms. The van der Waals surface area contributed by atoms with Crippen LogP contribution in [0, 0.1) is 0 Å². The van der Waals surface area contributed by atoms with Crippen LogP contribution >= 0.6 is 46.4 Å². The minimum absolute atomic E-state index is 0.0236. The van der Waals surface area contributed by atoms with Crippen molar-refractivity contribution < 1.29 is 18.0 Å². The number of carbonyl (C=O) groups is 2. The third-order valence-electron chi connectivity index (χ3n) is 5.98. The molecule has 0 bridgehead atoms. The number of hydrogen-bond donors (Lipinski definition) is 1. The van der Waals surface area contributed by atoms with Crippen LogP contribution in [0.25, 0.3) is 0 Å². The Hall–Kier alpha value is -2.49. The summed E-state index contributed by atoms with van der Waals surface area (Å²) >= 11 is 25.2. The number of rotatable bonds is 11. The molecule has 0 aromatic heterocycles. The number of nitrogens with one attached hydrogen (secondary N) is 1. The summed E-state index contributed by atoms with van der Waals surface area (Å²) < 4.78 is 28.6. The van der Waals surface area contributed by atoms with Crippen molar-refractivity contribution in [3.63, 3.8) is 0 Å². The lowest BCUT2D eigenvalue weighted by Crippen LogP contribution is -2.53. The number of hydrogen-bond acceptors (Lipinski definition) is 4. The van der Waals surface area contributed by atoms with Gasteiger partial charge in [0.25, 0.3) is 10.0 Å². The van der Waals surface area contributed by atoms with Gasteiger partial charge in [0.15, 0.2) is 0 Å². The second kappa shape index (κ2) is 13.9. The Bertz CT molecular complexity index is 1470. The van der Waals surface area contributed by atoms with E-state index in [4.69, 9.17) is 46.4 Å².